The Kier molecular flexibility index (Phi) is 17.1. The molecule has 2 aromatic heterocycles. The number of ether oxygens (including phenoxy) is 3. The van der Waals surface area contributed by atoms with Gasteiger partial charge in [0.15, 0.2) is 5.82 Å². The second-order valence-electron chi connectivity index (χ2n) is 15.3. The van der Waals surface area contributed by atoms with Gasteiger partial charge in [-0.25, -0.2) is 0 Å². The van der Waals surface area contributed by atoms with E-state index < -0.39 is 24.6 Å². The number of nitrogens with zero attached hydrogens (tertiary/aromatic N) is 4. The molecule has 2 atom stereocenters. The van der Waals surface area contributed by atoms with Crippen LogP contribution in [0.25, 0.3) is 10.7 Å². The van der Waals surface area contributed by atoms with E-state index in [1.807, 2.05) is 35.8 Å². The largest absolute Gasteiger partial charge is 0.496 e. The summed E-state index contributed by atoms with van der Waals surface area (Å²) in [5.41, 5.74) is 10.7. The number of unbranched alkanes of at least 4 members (excludes halogenated alkanes) is 1. The monoisotopic (exact) mass is 943 g/mol. The number of alkyl halides is 2. The first-order valence-electron chi connectivity index (χ1n) is 21.3. The number of halogens is 3. The summed E-state index contributed by atoms with van der Waals surface area (Å²) in [6.45, 7) is 3.72. The van der Waals surface area contributed by atoms with Crippen LogP contribution in [0.4, 0.5) is 8.78 Å². The van der Waals surface area contributed by atoms with Crippen molar-refractivity contribution in [2.75, 3.05) is 33.4 Å². The maximum atomic E-state index is 13.3. The van der Waals surface area contributed by atoms with Crippen molar-refractivity contribution < 1.29 is 37.4 Å². The number of hydrogen-bond donors (Lipinski definition) is 5. The highest BCUT2D eigenvalue weighted by Crippen LogP contribution is 2.39. The number of carbonyl (C=O) groups excluding carboxylic acids is 3. The van der Waals surface area contributed by atoms with Crippen LogP contribution in [0, 0.1) is 26.2 Å². The maximum absolute atomic E-state index is 13.3. The van der Waals surface area contributed by atoms with Crippen LogP contribution in [0.15, 0.2) is 83.9 Å². The summed E-state index contributed by atoms with van der Waals surface area (Å²) in [7, 11) is 1.50. The lowest BCUT2D eigenvalue weighted by molar-refractivity contribution is -0.123. The molecule has 1 aliphatic heterocycles. The Morgan fingerprint density at radius 2 is 1.62 bits per heavy atom. The van der Waals surface area contributed by atoms with Crippen LogP contribution < -0.4 is 31.2 Å². The molecule has 5 aromatic rings. The Bertz CT molecular complexity index is 2600. The molecule has 0 radical (unpaired) electrons. The lowest BCUT2D eigenvalue weighted by Gasteiger charge is -2.20. The van der Waals surface area contributed by atoms with Crippen molar-refractivity contribution in [3.05, 3.63) is 128 Å². The molecule has 0 saturated carbocycles. The van der Waals surface area contributed by atoms with Crippen molar-refractivity contribution in [2.24, 2.45) is 10.7 Å². The van der Waals surface area contributed by atoms with E-state index in [0.717, 1.165) is 32.3 Å². The quantitative estimate of drug-likeness (QED) is 0.0345. The predicted octanol–water partition coefficient (Wildman–Crippen LogP) is 7.43. The Labute approximate surface area is 390 Å². The van der Waals surface area contributed by atoms with Gasteiger partial charge < -0.3 is 41.3 Å². The maximum Gasteiger partial charge on any atom is 0.387 e. The van der Waals surface area contributed by atoms with Gasteiger partial charge in [0.25, 0.3) is 5.91 Å². The van der Waals surface area contributed by atoms with Crippen LogP contribution in [-0.2, 0) is 14.3 Å². The van der Waals surface area contributed by atoms with Gasteiger partial charge in [0, 0.05) is 51.8 Å². The Balaban J connectivity index is 0.960. The van der Waals surface area contributed by atoms with Crippen LogP contribution in [-0.4, -0.2) is 90.0 Å². The van der Waals surface area contributed by atoms with Crippen molar-refractivity contribution in [3.63, 3.8) is 0 Å². The van der Waals surface area contributed by atoms with Gasteiger partial charge in [-0.05, 0) is 88.1 Å². The minimum atomic E-state index is -3.14. The SMILES string of the molecule is COc1ccccc1/C(N)=C/C(=N)[C@@H](CCCCNC(=O)CCOCCNC(=O)C[C@@H]1N=C(c2ccc(Cl)cc2)c2c(sc(C)c2C)-n2c(C)nnc21)NC(=O)c1ccccc1OC(F)F. The van der Waals surface area contributed by atoms with Gasteiger partial charge in [0.05, 0.1) is 49.8 Å². The van der Waals surface area contributed by atoms with Crippen molar-refractivity contribution in [2.45, 2.75) is 71.6 Å². The van der Waals surface area contributed by atoms with Crippen LogP contribution >= 0.6 is 22.9 Å². The smallest absolute Gasteiger partial charge is 0.387 e. The summed E-state index contributed by atoms with van der Waals surface area (Å²) in [4.78, 5) is 45.5. The van der Waals surface area contributed by atoms with Gasteiger partial charge in [-0.1, -0.05) is 48.0 Å². The lowest BCUT2D eigenvalue weighted by Crippen LogP contribution is -2.40. The molecule has 3 aromatic carbocycles. The highest BCUT2D eigenvalue weighted by atomic mass is 35.5. The summed E-state index contributed by atoms with van der Waals surface area (Å²) in [6, 6.07) is 18.6. The first kappa shape index (κ1) is 48.9. The van der Waals surface area contributed by atoms with E-state index in [1.54, 1.807) is 35.6 Å². The number of thiophene rings is 1. The number of nitrogens with two attached hydrogens (primary N) is 1. The average molecular weight is 945 g/mol. The number of benzene rings is 3. The molecule has 0 saturated heterocycles. The van der Waals surface area contributed by atoms with E-state index in [9.17, 15) is 23.2 Å². The number of methoxy groups -OCH3 is 1. The topological polar surface area (TPSA) is 208 Å². The summed E-state index contributed by atoms with van der Waals surface area (Å²) in [5.74, 6) is 0.277. The van der Waals surface area contributed by atoms with Crippen molar-refractivity contribution in [3.8, 4) is 16.5 Å². The van der Waals surface area contributed by atoms with Gasteiger partial charge in [-0.2, -0.15) is 8.78 Å². The summed E-state index contributed by atoms with van der Waals surface area (Å²) >= 11 is 7.85. The van der Waals surface area contributed by atoms with Crippen molar-refractivity contribution in [1.82, 2.24) is 30.7 Å². The highest BCUT2D eigenvalue weighted by Gasteiger charge is 2.32. The molecule has 0 unspecified atom stereocenters. The summed E-state index contributed by atoms with van der Waals surface area (Å²) < 4.78 is 43.8. The number of rotatable bonds is 22. The molecule has 3 amide bonds. The normalized spacial score (nSPS) is 13.8. The van der Waals surface area contributed by atoms with Crippen LogP contribution in [0.2, 0.25) is 5.02 Å². The fourth-order valence-corrected chi connectivity index (χ4v) is 8.66. The summed E-state index contributed by atoms with van der Waals surface area (Å²) in [6.07, 6.45) is 2.78. The van der Waals surface area contributed by atoms with Gasteiger partial charge in [-0.15, -0.1) is 21.5 Å². The minimum Gasteiger partial charge on any atom is -0.496 e. The number of para-hydroxylation sites is 2. The number of aliphatic imine (C=N–C) groups is 1. The van der Waals surface area contributed by atoms with E-state index >= 15 is 0 Å². The van der Waals surface area contributed by atoms with Crippen LogP contribution in [0.3, 0.4) is 0 Å². The molecular formula is C47H52ClF2N9O6S. The van der Waals surface area contributed by atoms with E-state index in [4.69, 9.17) is 37.2 Å². The number of nitrogens with one attached hydrogen (secondary N) is 4. The molecule has 3 heterocycles. The van der Waals surface area contributed by atoms with Gasteiger partial charge in [0.2, 0.25) is 11.8 Å². The molecule has 348 valence electrons. The lowest BCUT2D eigenvalue weighted by atomic mass is 9.99. The Hall–Kier alpha value is -6.50. The zero-order chi connectivity index (χ0) is 47.3. The Morgan fingerprint density at radius 3 is 2.35 bits per heavy atom. The summed E-state index contributed by atoms with van der Waals surface area (Å²) in [5, 5.41) is 27.7. The number of aromatic nitrogens is 3. The number of hydrogen-bond acceptors (Lipinski definition) is 12. The second kappa shape index (κ2) is 23.1. The first-order chi connectivity index (χ1) is 31.7. The zero-order valence-corrected chi connectivity index (χ0v) is 38.5. The van der Waals surface area contributed by atoms with Gasteiger partial charge in [0.1, 0.15) is 28.4 Å². The van der Waals surface area contributed by atoms with Crippen LogP contribution in [0.5, 0.6) is 11.5 Å². The van der Waals surface area contributed by atoms with E-state index in [1.165, 1.54) is 37.5 Å². The standard InChI is InChI=1S/C47H52ClF2N9O6S/c1-27-28(2)66-46-42(27)43(30-16-18-31(48)19-17-30)55-37(44-58-57-29(3)59(44)46)26-41(61)54-22-24-64-23-20-40(60)53-21-10-9-13-36(35(52)25-34(51)32-11-5-7-14-38(32)63-4)56-45(62)33-12-6-8-15-39(33)65-47(49)50/h5-8,11-12,14-19,25,36-37,47,52H,9-10,13,20-24,26,51H2,1-4H3,(H,53,60)(H,54,61)(H,56,62)/b34-25-,52-35?/t36-,37+/m1/s1. The van der Waals surface area contributed by atoms with E-state index in [0.29, 0.717) is 47.4 Å². The number of fused-ring (bicyclic) bond motifs is 3. The van der Waals surface area contributed by atoms with Gasteiger partial charge in [-0.3, -0.25) is 23.9 Å². The predicted molar refractivity (Wildman–Crippen MR) is 250 cm³/mol. The molecule has 0 fully saturated rings. The van der Waals surface area contributed by atoms with Gasteiger partial charge >= 0.3 is 6.61 Å². The fraction of sp³-hybridized carbons (Fsp3) is 0.340. The molecular weight excluding hydrogens is 892 g/mol. The molecule has 0 aliphatic carbocycles. The average Bonchev–Trinajstić information content (AvgIpc) is 3.78. The third-order valence-electron chi connectivity index (χ3n) is 10.8. The number of aryl methyl sites for hydroxylation is 2. The third-order valence-corrected chi connectivity index (χ3v) is 12.2. The molecule has 19 heteroatoms. The third kappa shape index (κ3) is 12.4. The number of carbonyl (C=O) groups is 3. The molecule has 0 bridgehead atoms. The molecule has 66 heavy (non-hydrogen) atoms. The van der Waals surface area contributed by atoms with E-state index in [2.05, 4.69) is 44.7 Å². The van der Waals surface area contributed by atoms with Crippen LogP contribution in [0.1, 0.15) is 87.3 Å². The first-order valence-corrected chi connectivity index (χ1v) is 22.5. The van der Waals surface area contributed by atoms with E-state index in [-0.39, 0.29) is 73.6 Å². The second-order valence-corrected chi connectivity index (χ2v) is 17.0. The fourth-order valence-electron chi connectivity index (χ4n) is 7.32. The molecule has 15 nitrogen and oxygen atoms in total. The molecule has 0 spiro atoms. The van der Waals surface area contributed by atoms with Crippen molar-refractivity contribution >= 4 is 57.8 Å². The number of amides is 3. The molecule has 1 aliphatic rings. The highest BCUT2D eigenvalue weighted by molar-refractivity contribution is 7.15. The van der Waals surface area contributed by atoms with Crippen molar-refractivity contribution in [1.29, 1.82) is 5.41 Å². The molecule has 6 rings (SSSR count). The minimum absolute atomic E-state index is 0.0246. The Morgan fingerprint density at radius 1 is 0.924 bits per heavy atom. The molecule has 6 N–H and O–H groups in total. The zero-order valence-electron chi connectivity index (χ0n) is 37.0.